The highest BCUT2D eigenvalue weighted by Gasteiger charge is 2.49. The average molecular weight is 425 g/mol. The molecule has 2 aromatic rings. The van der Waals surface area contributed by atoms with Gasteiger partial charge in [-0.2, -0.15) is 4.68 Å². The molecule has 162 valence electrons. The minimum absolute atomic E-state index is 0.0969. The Bertz CT molecular complexity index is 997. The Kier molecular flexibility index (Phi) is 4.98. The van der Waals surface area contributed by atoms with Crippen molar-refractivity contribution in [1.82, 2.24) is 35.0 Å². The minimum Gasteiger partial charge on any atom is -0.456 e. The highest BCUT2D eigenvalue weighted by molar-refractivity contribution is 5.90. The summed E-state index contributed by atoms with van der Waals surface area (Å²) in [5.74, 6) is 0.294. The second kappa shape index (κ2) is 7.82. The Morgan fingerprint density at radius 2 is 1.97 bits per heavy atom. The van der Waals surface area contributed by atoms with Gasteiger partial charge in [0.25, 0.3) is 0 Å². The molecule has 0 bridgehead atoms. The van der Waals surface area contributed by atoms with Gasteiger partial charge in [0, 0.05) is 30.9 Å². The largest absolute Gasteiger partial charge is 0.456 e. The molecule has 1 spiro atoms. The van der Waals surface area contributed by atoms with Crippen molar-refractivity contribution in [3.8, 4) is 5.82 Å². The number of nitrogens with zero attached hydrogens (tertiary/aromatic N) is 7. The van der Waals surface area contributed by atoms with Gasteiger partial charge in [-0.25, -0.2) is 9.78 Å². The number of hydrogen-bond donors (Lipinski definition) is 1. The number of pyridine rings is 1. The number of amides is 1. The molecular formula is C20H23N7O4. The summed E-state index contributed by atoms with van der Waals surface area (Å²) < 4.78 is 6.41. The number of cyclic esters (lactones) is 1. The highest BCUT2D eigenvalue weighted by atomic mass is 16.5. The van der Waals surface area contributed by atoms with Gasteiger partial charge in [-0.1, -0.05) is 6.07 Å². The Hall–Kier alpha value is -3.18. The van der Waals surface area contributed by atoms with Crippen molar-refractivity contribution in [3.63, 3.8) is 0 Å². The number of aliphatic hydroxyl groups is 1. The van der Waals surface area contributed by atoms with E-state index in [0.717, 1.165) is 37.9 Å². The summed E-state index contributed by atoms with van der Waals surface area (Å²) in [7, 11) is 0. The number of aliphatic hydroxyl groups excluding tert-OH is 1. The monoisotopic (exact) mass is 425 g/mol. The van der Waals surface area contributed by atoms with Crippen LogP contribution in [0.1, 0.15) is 30.9 Å². The maximum atomic E-state index is 13.1. The van der Waals surface area contributed by atoms with Crippen LogP contribution in [0, 0.1) is 5.41 Å². The molecule has 5 heterocycles. The SMILES string of the molecule is O=C1C=C(N2CCC3(CCN(C[C@H](O)c4ccc(-n5cnnn5)nc4)CC3)C2=O)CO1. The quantitative estimate of drug-likeness (QED) is 0.651. The maximum absolute atomic E-state index is 13.1. The van der Waals surface area contributed by atoms with Crippen LogP contribution in [0.15, 0.2) is 36.4 Å². The van der Waals surface area contributed by atoms with Crippen LogP contribution < -0.4 is 0 Å². The van der Waals surface area contributed by atoms with Crippen LogP contribution in [-0.4, -0.2) is 84.8 Å². The van der Waals surface area contributed by atoms with Gasteiger partial charge in [-0.15, -0.1) is 5.10 Å². The predicted molar refractivity (Wildman–Crippen MR) is 105 cm³/mol. The van der Waals surface area contributed by atoms with Crippen LogP contribution in [0.3, 0.4) is 0 Å². The second-order valence-corrected chi connectivity index (χ2v) is 8.25. The molecule has 1 N–H and O–H groups in total. The molecule has 2 fully saturated rings. The van der Waals surface area contributed by atoms with E-state index in [9.17, 15) is 14.7 Å². The summed E-state index contributed by atoms with van der Waals surface area (Å²) in [4.78, 5) is 32.6. The van der Waals surface area contributed by atoms with E-state index in [-0.39, 0.29) is 23.9 Å². The van der Waals surface area contributed by atoms with E-state index in [1.807, 2.05) is 6.07 Å². The van der Waals surface area contributed by atoms with E-state index >= 15 is 0 Å². The third-order valence-corrected chi connectivity index (χ3v) is 6.49. The Morgan fingerprint density at radius 3 is 2.61 bits per heavy atom. The number of aromatic nitrogens is 5. The minimum atomic E-state index is -0.674. The average Bonchev–Trinajstić information content (AvgIpc) is 3.53. The molecule has 3 aliphatic heterocycles. The third kappa shape index (κ3) is 3.70. The number of carbonyl (C=O) groups is 2. The van der Waals surface area contributed by atoms with E-state index in [0.29, 0.717) is 24.6 Å². The van der Waals surface area contributed by atoms with Gasteiger partial charge in [0.05, 0.1) is 17.2 Å². The first-order valence-corrected chi connectivity index (χ1v) is 10.3. The molecule has 1 atom stereocenters. The van der Waals surface area contributed by atoms with Gasteiger partial charge in [-0.05, 0) is 48.8 Å². The van der Waals surface area contributed by atoms with Crippen molar-refractivity contribution >= 4 is 11.9 Å². The molecule has 0 aromatic carbocycles. The van der Waals surface area contributed by atoms with E-state index in [1.54, 1.807) is 17.2 Å². The lowest BCUT2D eigenvalue weighted by Gasteiger charge is -2.38. The number of carbonyl (C=O) groups excluding carboxylic acids is 2. The number of likely N-dealkylation sites (tertiary alicyclic amines) is 2. The summed E-state index contributed by atoms with van der Waals surface area (Å²) in [5, 5.41) is 21.6. The molecule has 0 unspecified atom stereocenters. The van der Waals surface area contributed by atoms with Crippen molar-refractivity contribution in [2.75, 3.05) is 32.8 Å². The van der Waals surface area contributed by atoms with Gasteiger partial charge in [0.15, 0.2) is 5.82 Å². The molecule has 1 amide bonds. The lowest BCUT2D eigenvalue weighted by molar-refractivity contribution is -0.138. The zero-order chi connectivity index (χ0) is 21.4. The summed E-state index contributed by atoms with van der Waals surface area (Å²) in [6.07, 6.45) is 6.11. The summed E-state index contributed by atoms with van der Waals surface area (Å²) in [5.41, 5.74) is 1.02. The van der Waals surface area contributed by atoms with Crippen molar-refractivity contribution < 1.29 is 19.4 Å². The number of piperidine rings is 1. The van der Waals surface area contributed by atoms with Crippen LogP contribution in [-0.2, 0) is 14.3 Å². The normalized spacial score (nSPS) is 22.1. The molecule has 0 saturated carbocycles. The molecule has 2 aromatic heterocycles. The number of esters is 1. The molecule has 31 heavy (non-hydrogen) atoms. The molecule has 11 heteroatoms. The van der Waals surface area contributed by atoms with E-state index in [1.165, 1.54) is 17.1 Å². The third-order valence-electron chi connectivity index (χ3n) is 6.49. The molecule has 5 rings (SSSR count). The molecule has 0 radical (unpaired) electrons. The number of ether oxygens (including phenoxy) is 1. The molecule has 0 aliphatic carbocycles. The van der Waals surface area contributed by atoms with Crippen molar-refractivity contribution in [2.45, 2.75) is 25.4 Å². The van der Waals surface area contributed by atoms with E-state index in [2.05, 4.69) is 25.4 Å². The molecule has 3 aliphatic rings. The molecule has 11 nitrogen and oxygen atoms in total. The first-order valence-electron chi connectivity index (χ1n) is 10.3. The Morgan fingerprint density at radius 1 is 1.16 bits per heavy atom. The van der Waals surface area contributed by atoms with Crippen LogP contribution in [0.2, 0.25) is 0 Å². The van der Waals surface area contributed by atoms with E-state index in [4.69, 9.17) is 4.74 Å². The Balaban J connectivity index is 1.17. The lowest BCUT2D eigenvalue weighted by atomic mass is 9.77. The zero-order valence-electron chi connectivity index (χ0n) is 16.9. The lowest BCUT2D eigenvalue weighted by Crippen LogP contribution is -2.45. The van der Waals surface area contributed by atoms with Crippen molar-refractivity contribution in [2.24, 2.45) is 5.41 Å². The topological polar surface area (TPSA) is 127 Å². The van der Waals surface area contributed by atoms with Gasteiger partial charge >= 0.3 is 5.97 Å². The van der Waals surface area contributed by atoms with Crippen LogP contribution >= 0.6 is 0 Å². The fourth-order valence-corrected chi connectivity index (χ4v) is 4.59. The standard InChI is InChI=1S/C20H23N7O4/c28-16(14-1-2-17(21-10-14)27-13-22-23-24-27)11-25-6-3-20(4-7-25)5-8-26(19(20)30)15-9-18(29)31-12-15/h1-2,9-10,13,16,28H,3-8,11-12H2/t16-/m0/s1. The zero-order valence-corrected chi connectivity index (χ0v) is 16.9. The van der Waals surface area contributed by atoms with Crippen LogP contribution in [0.4, 0.5) is 0 Å². The van der Waals surface area contributed by atoms with Crippen LogP contribution in [0.5, 0.6) is 0 Å². The fourth-order valence-electron chi connectivity index (χ4n) is 4.59. The maximum Gasteiger partial charge on any atom is 0.333 e. The van der Waals surface area contributed by atoms with E-state index < -0.39 is 6.10 Å². The van der Waals surface area contributed by atoms with Gasteiger partial charge in [-0.3, -0.25) is 4.79 Å². The molecule has 2 saturated heterocycles. The molecular weight excluding hydrogens is 402 g/mol. The van der Waals surface area contributed by atoms with Gasteiger partial charge in [0.2, 0.25) is 5.91 Å². The van der Waals surface area contributed by atoms with Crippen LogP contribution in [0.25, 0.3) is 5.82 Å². The fraction of sp³-hybridized carbons (Fsp3) is 0.500. The Labute approximate surface area is 178 Å². The smallest absolute Gasteiger partial charge is 0.333 e. The predicted octanol–water partition coefficient (Wildman–Crippen LogP) is -0.154. The second-order valence-electron chi connectivity index (χ2n) is 8.25. The first-order chi connectivity index (χ1) is 15.0. The van der Waals surface area contributed by atoms with Gasteiger partial charge in [0.1, 0.15) is 12.9 Å². The first kappa shape index (κ1) is 19.8. The summed E-state index contributed by atoms with van der Waals surface area (Å²) in [6, 6.07) is 3.58. The number of hydrogen-bond acceptors (Lipinski definition) is 9. The number of tetrazole rings is 1. The summed E-state index contributed by atoms with van der Waals surface area (Å²) in [6.45, 7) is 2.76. The number of rotatable bonds is 5. The highest BCUT2D eigenvalue weighted by Crippen LogP contribution is 2.43. The summed E-state index contributed by atoms with van der Waals surface area (Å²) >= 11 is 0. The van der Waals surface area contributed by atoms with Crippen molar-refractivity contribution in [3.05, 3.63) is 42.0 Å². The van der Waals surface area contributed by atoms with Crippen molar-refractivity contribution in [1.29, 1.82) is 0 Å². The van der Waals surface area contributed by atoms with Gasteiger partial charge < -0.3 is 19.6 Å². The number of β-amino-alcohol motifs (C(OH)–C–C–N with tert-alkyl or cyclic N) is 1.